The number of ether oxygens (including phenoxy) is 4. The highest BCUT2D eigenvalue weighted by Crippen LogP contribution is 2.34. The van der Waals surface area contributed by atoms with E-state index in [1.165, 1.54) is 47.1 Å². The third-order valence-electron chi connectivity index (χ3n) is 10.3. The predicted octanol–water partition coefficient (Wildman–Crippen LogP) is 16.7. The highest BCUT2D eigenvalue weighted by atomic mass is 79.9. The van der Waals surface area contributed by atoms with E-state index in [0.29, 0.717) is 24.7 Å². The van der Waals surface area contributed by atoms with Crippen molar-refractivity contribution in [3.63, 3.8) is 0 Å². The number of halogens is 3. The van der Waals surface area contributed by atoms with Crippen molar-refractivity contribution in [2.75, 3.05) is 28.4 Å². The monoisotopic (exact) mass is 1060 g/mol. The summed E-state index contributed by atoms with van der Waals surface area (Å²) in [6.07, 6.45) is 5.81. The third kappa shape index (κ3) is 19.5. The topological polar surface area (TPSA) is 54.0 Å². The SMILES string of the molecule is CCCC(c1ccc(Br)cc1)c1ccc(OC)cc1.CCCC(c1ccccc1)c1ccc(Br)cc1.COC.COc1ccc(C(CCC(=O)OC(C)(C)C)c2ccc(Br)cc2)cc1. The molecule has 0 heterocycles. The lowest BCUT2D eigenvalue weighted by atomic mass is 9.87. The van der Waals surface area contributed by atoms with Crippen molar-refractivity contribution in [2.45, 2.75) is 96.5 Å². The molecular weight excluding hydrogens is 992 g/mol. The lowest BCUT2D eigenvalue weighted by molar-refractivity contribution is -0.154. The molecule has 3 unspecified atom stereocenters. The number of carbonyl (C=O) groups is 1. The number of carbonyl (C=O) groups excluding carboxylic acids is 1. The molecule has 0 amide bonds. The van der Waals surface area contributed by atoms with Crippen LogP contribution in [-0.2, 0) is 14.3 Å². The smallest absolute Gasteiger partial charge is 0.306 e. The van der Waals surface area contributed by atoms with Gasteiger partial charge >= 0.3 is 5.97 Å². The van der Waals surface area contributed by atoms with Crippen molar-refractivity contribution >= 4 is 53.8 Å². The van der Waals surface area contributed by atoms with E-state index in [4.69, 9.17) is 14.2 Å². The molecule has 0 fully saturated rings. The van der Waals surface area contributed by atoms with Gasteiger partial charge in [0.25, 0.3) is 0 Å². The zero-order chi connectivity index (χ0) is 46.9. The van der Waals surface area contributed by atoms with Crippen LogP contribution in [0.2, 0.25) is 0 Å². The molecule has 0 radical (unpaired) electrons. The number of hydrogen-bond donors (Lipinski definition) is 0. The second kappa shape index (κ2) is 29.4. The Bertz CT molecular complexity index is 2150. The predicted molar refractivity (Wildman–Crippen MR) is 278 cm³/mol. The van der Waals surface area contributed by atoms with Crippen LogP contribution in [0.5, 0.6) is 11.5 Å². The van der Waals surface area contributed by atoms with Crippen LogP contribution in [0.25, 0.3) is 0 Å². The summed E-state index contributed by atoms with van der Waals surface area (Å²) in [4.78, 5) is 12.1. The summed E-state index contributed by atoms with van der Waals surface area (Å²) in [7, 11) is 6.61. The molecule has 342 valence electrons. The van der Waals surface area contributed by atoms with Gasteiger partial charge in [-0.1, -0.05) is 165 Å². The third-order valence-corrected chi connectivity index (χ3v) is 11.9. The average Bonchev–Trinajstić information content (AvgIpc) is 3.29. The maximum absolute atomic E-state index is 12.1. The van der Waals surface area contributed by atoms with Gasteiger partial charge in [0.15, 0.2) is 0 Å². The zero-order valence-electron chi connectivity index (χ0n) is 39.1. The summed E-state index contributed by atoms with van der Waals surface area (Å²) in [6.45, 7) is 10.1. The molecule has 5 nitrogen and oxygen atoms in total. The largest absolute Gasteiger partial charge is 0.497 e. The Morgan fingerprint density at radius 2 is 0.734 bits per heavy atom. The standard InChI is InChI=1S/C21H25BrO3.C17H19BrO.C16H17Br.C2H6O/c1-21(2,3)25-20(23)14-13-19(15-5-9-17(22)10-6-15)16-7-11-18(24-4)12-8-16;1-3-4-17(13-5-9-15(18)10-6-13)14-7-11-16(19-2)12-8-14;1-2-6-16(13-7-4-3-5-8-13)14-9-11-15(17)12-10-14;1-3-2/h5-12,19H,13-14H2,1-4H3;5-12,17H,3-4H2,1-2H3;3-5,7-12,16H,2,6H2,1H3;1-2H3. The van der Waals surface area contributed by atoms with Crippen molar-refractivity contribution in [1.82, 2.24) is 0 Å². The molecule has 6 aromatic carbocycles. The molecule has 64 heavy (non-hydrogen) atoms. The molecule has 0 aliphatic heterocycles. The summed E-state index contributed by atoms with van der Waals surface area (Å²) in [5, 5.41) is 0. The minimum Gasteiger partial charge on any atom is -0.497 e. The van der Waals surface area contributed by atoms with Crippen LogP contribution in [0.4, 0.5) is 0 Å². The molecule has 8 heteroatoms. The van der Waals surface area contributed by atoms with Crippen LogP contribution in [0.3, 0.4) is 0 Å². The minimum atomic E-state index is -0.454. The van der Waals surface area contributed by atoms with Crippen molar-refractivity contribution in [1.29, 1.82) is 0 Å². The highest BCUT2D eigenvalue weighted by Gasteiger charge is 2.21. The van der Waals surface area contributed by atoms with Crippen molar-refractivity contribution in [2.24, 2.45) is 0 Å². The number of esters is 1. The first-order chi connectivity index (χ1) is 30.7. The first kappa shape index (κ1) is 54.1. The summed E-state index contributed by atoms with van der Waals surface area (Å²) in [5.41, 5.74) is 7.42. The highest BCUT2D eigenvalue weighted by molar-refractivity contribution is 9.11. The first-order valence-corrected chi connectivity index (χ1v) is 24.3. The molecule has 3 atom stereocenters. The van der Waals surface area contributed by atoms with E-state index in [1.807, 2.05) is 57.2 Å². The molecule has 0 aromatic heterocycles. The normalized spacial score (nSPS) is 12.1. The van der Waals surface area contributed by atoms with Gasteiger partial charge in [0.1, 0.15) is 17.1 Å². The summed E-state index contributed by atoms with van der Waals surface area (Å²) in [5.74, 6) is 2.69. The number of benzene rings is 6. The number of rotatable bonds is 15. The summed E-state index contributed by atoms with van der Waals surface area (Å²) < 4.78 is 23.5. The molecular formula is C56H67Br3O5. The van der Waals surface area contributed by atoms with Crippen LogP contribution in [0.1, 0.15) is 124 Å². The Labute approximate surface area is 409 Å². The average molecular weight is 1060 g/mol. The molecule has 0 spiro atoms. The maximum Gasteiger partial charge on any atom is 0.306 e. The van der Waals surface area contributed by atoms with Gasteiger partial charge in [-0.3, -0.25) is 4.79 Å². The quantitative estimate of drug-likeness (QED) is 0.0959. The van der Waals surface area contributed by atoms with Crippen LogP contribution in [0.15, 0.2) is 165 Å². The Kier molecular flexibility index (Phi) is 24.8. The number of hydrogen-bond acceptors (Lipinski definition) is 5. The van der Waals surface area contributed by atoms with E-state index in [9.17, 15) is 4.79 Å². The fraction of sp³-hybridized carbons (Fsp3) is 0.339. The first-order valence-electron chi connectivity index (χ1n) is 22.0. The summed E-state index contributed by atoms with van der Waals surface area (Å²) in [6, 6.07) is 52.8. The molecule has 0 saturated heterocycles. The van der Waals surface area contributed by atoms with E-state index in [0.717, 1.165) is 36.9 Å². The second-order valence-corrected chi connectivity index (χ2v) is 19.1. The Balaban J connectivity index is 0.000000252. The van der Waals surface area contributed by atoms with Gasteiger partial charge < -0.3 is 18.9 Å². The molecule has 0 aliphatic carbocycles. The minimum absolute atomic E-state index is 0.131. The van der Waals surface area contributed by atoms with Gasteiger partial charge in [0, 0.05) is 51.8 Å². The molecule has 0 N–H and O–H groups in total. The fourth-order valence-electron chi connectivity index (χ4n) is 7.25. The summed E-state index contributed by atoms with van der Waals surface area (Å²) >= 11 is 10.5. The van der Waals surface area contributed by atoms with Crippen molar-refractivity contribution < 1.29 is 23.7 Å². The van der Waals surface area contributed by atoms with E-state index >= 15 is 0 Å². The van der Waals surface area contributed by atoms with Gasteiger partial charge in [-0.05, 0) is 134 Å². The molecule has 0 saturated carbocycles. The van der Waals surface area contributed by atoms with Crippen LogP contribution in [-0.4, -0.2) is 40.0 Å². The van der Waals surface area contributed by atoms with Crippen molar-refractivity contribution in [3.05, 3.63) is 198 Å². The molecule has 0 bridgehead atoms. The van der Waals surface area contributed by atoms with E-state index < -0.39 is 5.60 Å². The van der Waals surface area contributed by atoms with E-state index in [-0.39, 0.29) is 11.9 Å². The van der Waals surface area contributed by atoms with Crippen LogP contribution < -0.4 is 9.47 Å². The van der Waals surface area contributed by atoms with Gasteiger partial charge in [-0.25, -0.2) is 0 Å². The molecule has 6 rings (SSSR count). The van der Waals surface area contributed by atoms with E-state index in [2.05, 4.69) is 182 Å². The second-order valence-electron chi connectivity index (χ2n) is 16.4. The van der Waals surface area contributed by atoms with Crippen LogP contribution in [0, 0.1) is 0 Å². The molecule has 6 aromatic rings. The molecule has 0 aliphatic rings. The lowest BCUT2D eigenvalue weighted by Gasteiger charge is -2.22. The van der Waals surface area contributed by atoms with Gasteiger partial charge in [-0.15, -0.1) is 0 Å². The Hall–Kier alpha value is -4.21. The Morgan fingerprint density at radius 1 is 0.453 bits per heavy atom. The maximum atomic E-state index is 12.1. The fourth-order valence-corrected chi connectivity index (χ4v) is 8.05. The van der Waals surface area contributed by atoms with E-state index in [1.54, 1.807) is 28.4 Å². The Morgan fingerprint density at radius 3 is 1.02 bits per heavy atom. The van der Waals surface area contributed by atoms with Crippen LogP contribution >= 0.6 is 47.8 Å². The van der Waals surface area contributed by atoms with Crippen molar-refractivity contribution in [3.8, 4) is 11.5 Å². The van der Waals surface area contributed by atoms with Gasteiger partial charge in [-0.2, -0.15) is 0 Å². The van der Waals surface area contributed by atoms with Gasteiger partial charge in [0.05, 0.1) is 14.2 Å². The lowest BCUT2D eigenvalue weighted by Crippen LogP contribution is -2.24. The van der Waals surface area contributed by atoms with Gasteiger partial charge in [0.2, 0.25) is 0 Å². The zero-order valence-corrected chi connectivity index (χ0v) is 43.8. The number of methoxy groups -OCH3 is 3.